The van der Waals surface area contributed by atoms with Crippen LogP contribution >= 0.6 is 11.8 Å². The lowest BCUT2D eigenvalue weighted by molar-refractivity contribution is 0.174. The first-order valence-electron chi connectivity index (χ1n) is 8.39. The van der Waals surface area contributed by atoms with Gasteiger partial charge in [0, 0.05) is 15.4 Å². The fraction of sp³-hybridized carbons (Fsp3) is 0.0455. The highest BCUT2D eigenvalue weighted by Crippen LogP contribution is 2.44. The van der Waals surface area contributed by atoms with Gasteiger partial charge in [-0.05, 0) is 42.0 Å². The average molecular weight is 357 g/mol. The molecule has 26 heavy (non-hydrogen) atoms. The minimum Gasteiger partial charge on any atom is -0.454 e. The molecule has 5 rings (SSSR count). The van der Waals surface area contributed by atoms with Crippen LogP contribution < -0.4 is 9.47 Å². The standard InChI is InChI=1S/C22H15NO2S/c1-2-6-15(7-3-1)18-13-22(26-21-9-5-4-8-17(21)23-18)16-10-11-19-20(12-16)25-14-24-19/h1-13H,14H2. The van der Waals surface area contributed by atoms with Gasteiger partial charge in [-0.25, -0.2) is 4.99 Å². The number of benzene rings is 3. The van der Waals surface area contributed by atoms with Crippen LogP contribution in [0.25, 0.3) is 4.91 Å². The SMILES string of the molecule is C1=C(c2ccc3c(c2)OCO3)Sc2ccccc2N=C1c1ccccc1. The summed E-state index contributed by atoms with van der Waals surface area (Å²) in [5.41, 5.74) is 4.14. The molecular formula is C22H15NO2S. The molecule has 3 aromatic carbocycles. The van der Waals surface area contributed by atoms with Crippen molar-refractivity contribution in [1.29, 1.82) is 0 Å². The van der Waals surface area contributed by atoms with Gasteiger partial charge in [-0.3, -0.25) is 0 Å². The van der Waals surface area contributed by atoms with Crippen molar-refractivity contribution in [3.8, 4) is 11.5 Å². The molecule has 0 bridgehead atoms. The molecule has 0 unspecified atom stereocenters. The van der Waals surface area contributed by atoms with E-state index in [0.29, 0.717) is 0 Å². The summed E-state index contributed by atoms with van der Waals surface area (Å²) in [6.45, 7) is 0.282. The summed E-state index contributed by atoms with van der Waals surface area (Å²) < 4.78 is 11.0. The zero-order valence-electron chi connectivity index (χ0n) is 13.9. The van der Waals surface area contributed by atoms with Crippen molar-refractivity contribution in [3.05, 3.63) is 90.0 Å². The maximum Gasteiger partial charge on any atom is 0.231 e. The summed E-state index contributed by atoms with van der Waals surface area (Å²) in [6, 6.07) is 24.6. The number of allylic oxidation sites excluding steroid dienone is 1. The fourth-order valence-corrected chi connectivity index (χ4v) is 4.04. The van der Waals surface area contributed by atoms with Crippen LogP contribution in [0.5, 0.6) is 11.5 Å². The van der Waals surface area contributed by atoms with Crippen LogP contribution in [0, 0.1) is 0 Å². The van der Waals surface area contributed by atoms with Crippen LogP contribution in [0.4, 0.5) is 5.69 Å². The summed E-state index contributed by atoms with van der Waals surface area (Å²) in [7, 11) is 0. The molecule has 2 heterocycles. The summed E-state index contributed by atoms with van der Waals surface area (Å²) in [5.74, 6) is 1.59. The molecule has 0 fully saturated rings. The van der Waals surface area contributed by atoms with E-state index < -0.39 is 0 Å². The van der Waals surface area contributed by atoms with Crippen molar-refractivity contribution in [1.82, 2.24) is 0 Å². The Hall–Kier alpha value is -2.98. The molecule has 3 nitrogen and oxygen atoms in total. The Morgan fingerprint density at radius 3 is 2.50 bits per heavy atom. The largest absolute Gasteiger partial charge is 0.454 e. The Morgan fingerprint density at radius 2 is 1.58 bits per heavy atom. The van der Waals surface area contributed by atoms with Gasteiger partial charge in [0.1, 0.15) is 0 Å². The van der Waals surface area contributed by atoms with E-state index in [-0.39, 0.29) is 6.79 Å². The van der Waals surface area contributed by atoms with Gasteiger partial charge in [-0.1, -0.05) is 54.2 Å². The zero-order valence-corrected chi connectivity index (χ0v) is 14.7. The average Bonchev–Trinajstić information content (AvgIpc) is 3.07. The smallest absolute Gasteiger partial charge is 0.231 e. The lowest BCUT2D eigenvalue weighted by Gasteiger charge is -2.08. The Bertz CT molecular complexity index is 1040. The van der Waals surface area contributed by atoms with E-state index in [1.807, 2.05) is 42.5 Å². The van der Waals surface area contributed by atoms with E-state index in [1.54, 1.807) is 11.8 Å². The van der Waals surface area contributed by atoms with Gasteiger partial charge < -0.3 is 9.47 Å². The molecule has 0 amide bonds. The summed E-state index contributed by atoms with van der Waals surface area (Å²) >= 11 is 1.72. The number of hydrogen-bond acceptors (Lipinski definition) is 4. The number of hydrogen-bond donors (Lipinski definition) is 0. The Balaban J connectivity index is 1.65. The van der Waals surface area contributed by atoms with Crippen LogP contribution in [0.3, 0.4) is 0 Å². The van der Waals surface area contributed by atoms with E-state index in [0.717, 1.165) is 43.8 Å². The van der Waals surface area contributed by atoms with Crippen molar-refractivity contribution in [3.63, 3.8) is 0 Å². The molecule has 0 aliphatic carbocycles. The minimum atomic E-state index is 0.282. The second-order valence-electron chi connectivity index (χ2n) is 6.01. The molecule has 0 aromatic heterocycles. The van der Waals surface area contributed by atoms with Gasteiger partial charge in [0.05, 0.1) is 11.4 Å². The number of aliphatic imine (C=N–C) groups is 1. The molecular weight excluding hydrogens is 342 g/mol. The highest BCUT2D eigenvalue weighted by molar-refractivity contribution is 8.08. The van der Waals surface area contributed by atoms with Crippen molar-refractivity contribution in [2.75, 3.05) is 6.79 Å². The summed E-state index contributed by atoms with van der Waals surface area (Å²) in [5, 5.41) is 0. The minimum absolute atomic E-state index is 0.282. The van der Waals surface area contributed by atoms with Gasteiger partial charge in [0.15, 0.2) is 11.5 Å². The van der Waals surface area contributed by atoms with Gasteiger partial charge in [0.2, 0.25) is 6.79 Å². The topological polar surface area (TPSA) is 30.8 Å². The second kappa shape index (κ2) is 6.39. The molecule has 2 aliphatic rings. The number of fused-ring (bicyclic) bond motifs is 2. The Kier molecular flexibility index (Phi) is 3.76. The highest BCUT2D eigenvalue weighted by Gasteiger charge is 2.18. The third-order valence-electron chi connectivity index (χ3n) is 4.32. The summed E-state index contributed by atoms with van der Waals surface area (Å²) in [6.07, 6.45) is 2.15. The van der Waals surface area contributed by atoms with Crippen LogP contribution in [-0.4, -0.2) is 12.5 Å². The van der Waals surface area contributed by atoms with Crippen molar-refractivity contribution in [2.24, 2.45) is 4.99 Å². The Labute approximate surface area is 156 Å². The number of para-hydroxylation sites is 1. The fourth-order valence-electron chi connectivity index (χ4n) is 3.02. The van der Waals surface area contributed by atoms with Gasteiger partial charge >= 0.3 is 0 Å². The van der Waals surface area contributed by atoms with Crippen molar-refractivity contribution in [2.45, 2.75) is 4.90 Å². The monoisotopic (exact) mass is 357 g/mol. The molecule has 3 aromatic rings. The molecule has 0 radical (unpaired) electrons. The maximum atomic E-state index is 5.55. The summed E-state index contributed by atoms with van der Waals surface area (Å²) in [4.78, 5) is 7.20. The molecule has 0 saturated heterocycles. The first-order chi connectivity index (χ1) is 12.9. The molecule has 0 N–H and O–H groups in total. The quantitative estimate of drug-likeness (QED) is 0.591. The van der Waals surface area contributed by atoms with E-state index in [9.17, 15) is 0 Å². The zero-order chi connectivity index (χ0) is 17.3. The second-order valence-corrected chi connectivity index (χ2v) is 7.09. The van der Waals surface area contributed by atoms with Crippen LogP contribution in [0.2, 0.25) is 0 Å². The van der Waals surface area contributed by atoms with E-state index >= 15 is 0 Å². The predicted octanol–water partition coefficient (Wildman–Crippen LogP) is 5.68. The van der Waals surface area contributed by atoms with E-state index in [1.165, 1.54) is 0 Å². The van der Waals surface area contributed by atoms with Gasteiger partial charge in [0.25, 0.3) is 0 Å². The molecule has 126 valence electrons. The number of nitrogens with zero attached hydrogens (tertiary/aromatic N) is 1. The number of ether oxygens (including phenoxy) is 2. The van der Waals surface area contributed by atoms with Gasteiger partial charge in [-0.15, -0.1) is 0 Å². The molecule has 4 heteroatoms. The van der Waals surface area contributed by atoms with Crippen LogP contribution in [0.1, 0.15) is 11.1 Å². The highest BCUT2D eigenvalue weighted by atomic mass is 32.2. The molecule has 2 aliphatic heterocycles. The van der Waals surface area contributed by atoms with Crippen LogP contribution in [0.15, 0.2) is 88.8 Å². The van der Waals surface area contributed by atoms with E-state index in [2.05, 4.69) is 36.4 Å². The van der Waals surface area contributed by atoms with Crippen molar-refractivity contribution >= 4 is 28.1 Å². The lowest BCUT2D eigenvalue weighted by Crippen LogP contribution is -1.96. The number of rotatable bonds is 2. The lowest BCUT2D eigenvalue weighted by atomic mass is 10.1. The normalized spacial score (nSPS) is 14.9. The van der Waals surface area contributed by atoms with Gasteiger partial charge in [-0.2, -0.15) is 0 Å². The Morgan fingerprint density at radius 1 is 0.769 bits per heavy atom. The molecule has 0 atom stereocenters. The number of thioether (sulfide) groups is 1. The van der Waals surface area contributed by atoms with Crippen molar-refractivity contribution < 1.29 is 9.47 Å². The molecule has 0 saturated carbocycles. The predicted molar refractivity (Wildman–Crippen MR) is 105 cm³/mol. The first kappa shape index (κ1) is 15.3. The first-order valence-corrected chi connectivity index (χ1v) is 9.21. The third-order valence-corrected chi connectivity index (χ3v) is 5.46. The third kappa shape index (κ3) is 2.78. The maximum absolute atomic E-state index is 5.55. The molecule has 0 spiro atoms. The van der Waals surface area contributed by atoms with Crippen LogP contribution in [-0.2, 0) is 0 Å². The van der Waals surface area contributed by atoms with E-state index in [4.69, 9.17) is 14.5 Å².